The summed E-state index contributed by atoms with van der Waals surface area (Å²) in [4.78, 5) is 26.6. The van der Waals surface area contributed by atoms with Crippen LogP contribution in [0.2, 0.25) is 0 Å². The number of hydrogen-bond acceptors (Lipinski definition) is 3. The van der Waals surface area contributed by atoms with Crippen LogP contribution >= 0.6 is 0 Å². The molecule has 5 nitrogen and oxygen atoms in total. The van der Waals surface area contributed by atoms with Gasteiger partial charge in [0, 0.05) is 18.5 Å². The molecule has 23 heavy (non-hydrogen) atoms. The molecular formula is C18H34N2O3. The lowest BCUT2D eigenvalue weighted by molar-refractivity contribution is -0.142. The second-order valence-electron chi connectivity index (χ2n) is 9.04. The van der Waals surface area contributed by atoms with Gasteiger partial charge in [-0.3, -0.25) is 4.79 Å². The molecule has 1 N–H and O–H groups in total. The van der Waals surface area contributed by atoms with Gasteiger partial charge in [-0.2, -0.15) is 0 Å². The zero-order valence-corrected chi connectivity index (χ0v) is 16.0. The van der Waals surface area contributed by atoms with Crippen LogP contribution in [0.1, 0.15) is 61.8 Å². The molecular weight excluding hydrogens is 292 g/mol. The smallest absolute Gasteiger partial charge is 0.407 e. The van der Waals surface area contributed by atoms with Crippen LogP contribution in [0.15, 0.2) is 0 Å². The van der Waals surface area contributed by atoms with Crippen LogP contribution < -0.4 is 5.32 Å². The van der Waals surface area contributed by atoms with Gasteiger partial charge in [0.1, 0.15) is 5.60 Å². The van der Waals surface area contributed by atoms with Crippen molar-refractivity contribution in [1.29, 1.82) is 0 Å². The average molecular weight is 326 g/mol. The maximum Gasteiger partial charge on any atom is 0.407 e. The standard InChI is InChI=1S/C18H34N2O3/c1-12(2)13-9-14(19-16(22)23-18(6,7)8)11-20(10-13)15(21)17(3,4)5/h12-14H,9-11H2,1-8H3,(H,19,22). The molecule has 1 aliphatic rings. The molecule has 0 aromatic rings. The molecule has 1 saturated heterocycles. The molecule has 0 aliphatic carbocycles. The summed E-state index contributed by atoms with van der Waals surface area (Å²) in [5, 5.41) is 2.94. The summed E-state index contributed by atoms with van der Waals surface area (Å²) in [5.74, 6) is 0.988. The number of carbonyl (C=O) groups is 2. The topological polar surface area (TPSA) is 58.6 Å². The Labute approximate surface area is 141 Å². The second-order valence-corrected chi connectivity index (χ2v) is 9.04. The Morgan fingerprint density at radius 2 is 1.65 bits per heavy atom. The van der Waals surface area contributed by atoms with Crippen molar-refractivity contribution < 1.29 is 14.3 Å². The molecule has 1 rings (SSSR count). The van der Waals surface area contributed by atoms with Crippen LogP contribution in [0.4, 0.5) is 4.79 Å². The molecule has 0 spiro atoms. The lowest BCUT2D eigenvalue weighted by Gasteiger charge is -2.42. The van der Waals surface area contributed by atoms with E-state index in [1.165, 1.54) is 0 Å². The minimum absolute atomic E-state index is 0.0581. The third kappa shape index (κ3) is 6.40. The van der Waals surface area contributed by atoms with E-state index in [-0.39, 0.29) is 11.9 Å². The number of nitrogens with zero attached hydrogens (tertiary/aromatic N) is 1. The first kappa shape index (κ1) is 19.8. The third-order valence-electron chi connectivity index (χ3n) is 4.08. The number of carbonyl (C=O) groups excluding carboxylic acids is 2. The molecule has 1 heterocycles. The second kappa shape index (κ2) is 7.10. The Hall–Kier alpha value is -1.26. The first-order valence-electron chi connectivity index (χ1n) is 8.58. The molecule has 2 unspecified atom stereocenters. The summed E-state index contributed by atoms with van der Waals surface area (Å²) < 4.78 is 5.35. The van der Waals surface area contributed by atoms with E-state index in [2.05, 4.69) is 19.2 Å². The van der Waals surface area contributed by atoms with Gasteiger partial charge < -0.3 is 15.0 Å². The highest BCUT2D eigenvalue weighted by atomic mass is 16.6. The first-order chi connectivity index (χ1) is 10.3. The Balaban J connectivity index is 2.79. The largest absolute Gasteiger partial charge is 0.444 e. The molecule has 134 valence electrons. The van der Waals surface area contributed by atoms with Gasteiger partial charge in [-0.1, -0.05) is 34.6 Å². The van der Waals surface area contributed by atoms with Crippen molar-refractivity contribution in [2.75, 3.05) is 13.1 Å². The molecule has 0 radical (unpaired) electrons. The van der Waals surface area contributed by atoms with Gasteiger partial charge in [-0.15, -0.1) is 0 Å². The highest BCUT2D eigenvalue weighted by Crippen LogP contribution is 2.27. The van der Waals surface area contributed by atoms with Gasteiger partial charge in [0.05, 0.1) is 6.04 Å². The van der Waals surface area contributed by atoms with Crippen molar-refractivity contribution in [2.24, 2.45) is 17.3 Å². The van der Waals surface area contributed by atoms with E-state index >= 15 is 0 Å². The minimum Gasteiger partial charge on any atom is -0.444 e. The molecule has 0 saturated carbocycles. The normalized spacial score (nSPS) is 22.9. The Morgan fingerprint density at radius 3 is 2.09 bits per heavy atom. The number of ether oxygens (including phenoxy) is 1. The lowest BCUT2D eigenvalue weighted by atomic mass is 9.84. The van der Waals surface area contributed by atoms with Gasteiger partial charge in [0.25, 0.3) is 0 Å². The number of hydrogen-bond donors (Lipinski definition) is 1. The average Bonchev–Trinajstić information content (AvgIpc) is 2.33. The highest BCUT2D eigenvalue weighted by Gasteiger charge is 2.36. The van der Waals surface area contributed by atoms with E-state index in [0.29, 0.717) is 18.4 Å². The zero-order chi connectivity index (χ0) is 18.0. The zero-order valence-electron chi connectivity index (χ0n) is 16.0. The monoisotopic (exact) mass is 326 g/mol. The maximum absolute atomic E-state index is 12.6. The fourth-order valence-corrected chi connectivity index (χ4v) is 2.84. The number of piperidine rings is 1. The Morgan fingerprint density at radius 1 is 1.09 bits per heavy atom. The summed E-state index contributed by atoms with van der Waals surface area (Å²) in [7, 11) is 0. The molecule has 5 heteroatoms. The van der Waals surface area contributed by atoms with Crippen LogP contribution in [-0.2, 0) is 9.53 Å². The van der Waals surface area contributed by atoms with Crippen LogP contribution in [0.25, 0.3) is 0 Å². The van der Waals surface area contributed by atoms with Gasteiger partial charge in [0.15, 0.2) is 0 Å². The van der Waals surface area contributed by atoms with Crippen molar-refractivity contribution in [3.8, 4) is 0 Å². The summed E-state index contributed by atoms with van der Waals surface area (Å²) >= 11 is 0. The minimum atomic E-state index is -0.517. The van der Waals surface area contributed by atoms with Crippen molar-refractivity contribution in [2.45, 2.75) is 73.5 Å². The highest BCUT2D eigenvalue weighted by molar-refractivity contribution is 5.81. The van der Waals surface area contributed by atoms with Crippen LogP contribution in [0, 0.1) is 17.3 Å². The summed E-state index contributed by atoms with van der Waals surface area (Å²) in [6.07, 6.45) is 0.472. The summed E-state index contributed by atoms with van der Waals surface area (Å²) in [6, 6.07) is -0.0581. The predicted molar refractivity (Wildman–Crippen MR) is 92.1 cm³/mol. The molecule has 0 aromatic heterocycles. The van der Waals surface area contributed by atoms with Gasteiger partial charge in [-0.05, 0) is 39.0 Å². The van der Waals surface area contributed by atoms with Crippen molar-refractivity contribution in [1.82, 2.24) is 10.2 Å². The molecule has 1 aliphatic heterocycles. The van der Waals surface area contributed by atoms with E-state index in [0.717, 1.165) is 13.0 Å². The van der Waals surface area contributed by atoms with Crippen molar-refractivity contribution in [3.05, 3.63) is 0 Å². The Kier molecular flexibility index (Phi) is 6.11. The van der Waals surface area contributed by atoms with Crippen LogP contribution in [-0.4, -0.2) is 41.6 Å². The fourth-order valence-electron chi connectivity index (χ4n) is 2.84. The van der Waals surface area contributed by atoms with Crippen LogP contribution in [0.5, 0.6) is 0 Å². The van der Waals surface area contributed by atoms with E-state index in [1.807, 2.05) is 46.4 Å². The third-order valence-corrected chi connectivity index (χ3v) is 4.08. The number of nitrogens with one attached hydrogen (secondary N) is 1. The molecule has 0 aromatic carbocycles. The van der Waals surface area contributed by atoms with E-state index < -0.39 is 17.1 Å². The number of amides is 2. The number of rotatable bonds is 2. The molecule has 1 fully saturated rings. The first-order valence-corrected chi connectivity index (χ1v) is 8.58. The quantitative estimate of drug-likeness (QED) is 0.846. The van der Waals surface area contributed by atoms with Gasteiger partial charge >= 0.3 is 6.09 Å². The SMILES string of the molecule is CC(C)C1CC(NC(=O)OC(C)(C)C)CN(C(=O)C(C)(C)C)C1. The molecule has 2 amide bonds. The predicted octanol–water partition coefficient (Wildman–Crippen LogP) is 3.43. The van der Waals surface area contributed by atoms with Gasteiger partial charge in [-0.25, -0.2) is 4.79 Å². The maximum atomic E-state index is 12.6. The number of likely N-dealkylation sites (tertiary alicyclic amines) is 1. The fraction of sp³-hybridized carbons (Fsp3) is 0.889. The van der Waals surface area contributed by atoms with E-state index in [1.54, 1.807) is 0 Å². The van der Waals surface area contributed by atoms with Gasteiger partial charge in [0.2, 0.25) is 5.91 Å². The Bertz CT molecular complexity index is 433. The van der Waals surface area contributed by atoms with E-state index in [9.17, 15) is 9.59 Å². The van der Waals surface area contributed by atoms with E-state index in [4.69, 9.17) is 4.74 Å². The van der Waals surface area contributed by atoms with Crippen LogP contribution in [0.3, 0.4) is 0 Å². The van der Waals surface area contributed by atoms with Crippen molar-refractivity contribution >= 4 is 12.0 Å². The lowest BCUT2D eigenvalue weighted by Crippen LogP contribution is -2.55. The number of alkyl carbamates (subject to hydrolysis) is 1. The molecule has 0 bridgehead atoms. The summed E-state index contributed by atoms with van der Waals surface area (Å²) in [6.45, 7) is 17.0. The molecule has 2 atom stereocenters. The summed E-state index contributed by atoms with van der Waals surface area (Å²) in [5.41, 5.74) is -0.924. The van der Waals surface area contributed by atoms with Crippen molar-refractivity contribution in [3.63, 3.8) is 0 Å².